The molecule has 1 aromatic heterocycles. The Hall–Kier alpha value is -4.07. The molecular weight excluding hydrogens is 447 g/mol. The number of rotatable bonds is 7. The van der Waals surface area contributed by atoms with E-state index in [1.807, 2.05) is 30.3 Å². The third kappa shape index (κ3) is 4.96. The summed E-state index contributed by atoms with van der Waals surface area (Å²) in [5.74, 6) is -2.08. The monoisotopic (exact) mass is 467 g/mol. The highest BCUT2D eigenvalue weighted by atomic mass is 19.4. The highest BCUT2D eigenvalue weighted by molar-refractivity contribution is 6.43. The van der Waals surface area contributed by atoms with E-state index in [-0.39, 0.29) is 23.5 Å². The molecule has 0 bridgehead atoms. The van der Waals surface area contributed by atoms with Crippen LogP contribution < -0.4 is 4.74 Å². The first-order chi connectivity index (χ1) is 16.3. The second kappa shape index (κ2) is 9.43. The smallest absolute Gasteiger partial charge is 0.460 e. The molecular formula is C26H20F3NO4. The zero-order valence-corrected chi connectivity index (χ0v) is 18.1. The molecule has 8 heteroatoms. The fourth-order valence-corrected chi connectivity index (χ4v) is 3.78. The number of aromatic nitrogens is 1. The molecule has 1 heterocycles. The predicted octanol–water partition coefficient (Wildman–Crippen LogP) is 6.00. The van der Waals surface area contributed by atoms with Gasteiger partial charge in [0.25, 0.3) is 5.78 Å². The predicted molar refractivity (Wildman–Crippen MR) is 121 cm³/mol. The van der Waals surface area contributed by atoms with Crippen molar-refractivity contribution < 1.29 is 32.2 Å². The molecule has 0 atom stereocenters. The van der Waals surface area contributed by atoms with Gasteiger partial charge in [-0.1, -0.05) is 60.7 Å². The Balaban J connectivity index is 1.85. The quantitative estimate of drug-likeness (QED) is 0.190. The highest BCUT2D eigenvalue weighted by Gasteiger charge is 2.32. The minimum absolute atomic E-state index is 0.0629. The molecule has 174 valence electrons. The van der Waals surface area contributed by atoms with Crippen LogP contribution in [0.1, 0.15) is 22.8 Å². The Kier molecular flexibility index (Phi) is 6.40. The molecule has 0 saturated heterocycles. The van der Waals surface area contributed by atoms with Gasteiger partial charge < -0.3 is 14.0 Å². The lowest BCUT2D eigenvalue weighted by atomic mass is 10.0. The number of benzene rings is 3. The molecule has 0 amide bonds. The fourth-order valence-electron chi connectivity index (χ4n) is 3.78. The van der Waals surface area contributed by atoms with Crippen molar-refractivity contribution in [1.82, 2.24) is 4.57 Å². The second-order valence-electron chi connectivity index (χ2n) is 7.48. The van der Waals surface area contributed by atoms with Crippen LogP contribution in [0.3, 0.4) is 0 Å². The molecule has 0 saturated carbocycles. The SMILES string of the molecule is CCOC(=O)C(=O)c1cn(Cc2ccccc2)c2cc(-c3ccccc3OC(F)(F)F)ccc12. The van der Waals surface area contributed by atoms with Gasteiger partial charge in [0.1, 0.15) is 5.75 Å². The first-order valence-electron chi connectivity index (χ1n) is 10.5. The molecule has 4 rings (SSSR count). The van der Waals surface area contributed by atoms with E-state index in [9.17, 15) is 22.8 Å². The lowest BCUT2D eigenvalue weighted by Crippen LogP contribution is -2.17. The largest absolute Gasteiger partial charge is 0.573 e. The number of para-hydroxylation sites is 1. The molecule has 4 aromatic rings. The van der Waals surface area contributed by atoms with Crippen LogP contribution in [-0.4, -0.2) is 29.3 Å². The molecule has 5 nitrogen and oxygen atoms in total. The minimum atomic E-state index is -4.84. The van der Waals surface area contributed by atoms with Crippen LogP contribution in [0.15, 0.2) is 79.0 Å². The Morgan fingerprint density at radius 3 is 2.35 bits per heavy atom. The Morgan fingerprint density at radius 1 is 0.941 bits per heavy atom. The van der Waals surface area contributed by atoms with Gasteiger partial charge in [0.05, 0.1) is 12.2 Å². The van der Waals surface area contributed by atoms with E-state index >= 15 is 0 Å². The molecule has 0 aliphatic carbocycles. The summed E-state index contributed by atoms with van der Waals surface area (Å²) in [6.45, 7) is 2.06. The van der Waals surface area contributed by atoms with Crippen molar-refractivity contribution in [3.05, 3.63) is 90.1 Å². The average molecular weight is 467 g/mol. The van der Waals surface area contributed by atoms with Crippen molar-refractivity contribution in [2.75, 3.05) is 6.61 Å². The molecule has 0 radical (unpaired) electrons. The van der Waals surface area contributed by atoms with Gasteiger partial charge in [0.2, 0.25) is 0 Å². The van der Waals surface area contributed by atoms with Crippen LogP contribution in [0.2, 0.25) is 0 Å². The molecule has 0 unspecified atom stereocenters. The summed E-state index contributed by atoms with van der Waals surface area (Å²) in [6.07, 6.45) is -3.27. The maximum atomic E-state index is 12.9. The zero-order chi connectivity index (χ0) is 24.3. The summed E-state index contributed by atoms with van der Waals surface area (Å²) in [4.78, 5) is 24.9. The number of esters is 1. The molecule has 0 fully saturated rings. The number of alkyl halides is 3. The third-order valence-electron chi connectivity index (χ3n) is 5.21. The van der Waals surface area contributed by atoms with E-state index in [2.05, 4.69) is 4.74 Å². The molecule has 3 aromatic carbocycles. The maximum Gasteiger partial charge on any atom is 0.573 e. The second-order valence-corrected chi connectivity index (χ2v) is 7.48. The van der Waals surface area contributed by atoms with Gasteiger partial charge in [-0.05, 0) is 30.2 Å². The Bertz CT molecular complexity index is 1340. The number of ketones is 1. The van der Waals surface area contributed by atoms with Gasteiger partial charge in [-0.2, -0.15) is 0 Å². The number of carbonyl (C=O) groups is 2. The first kappa shape index (κ1) is 23.1. The van der Waals surface area contributed by atoms with Gasteiger partial charge in [0.15, 0.2) is 0 Å². The molecule has 0 aliphatic rings. The maximum absolute atomic E-state index is 12.9. The van der Waals surface area contributed by atoms with Crippen molar-refractivity contribution >= 4 is 22.7 Å². The summed E-state index contributed by atoms with van der Waals surface area (Å²) in [5.41, 5.74) is 2.40. The number of ether oxygens (including phenoxy) is 2. The normalized spacial score (nSPS) is 11.4. The zero-order valence-electron chi connectivity index (χ0n) is 18.1. The number of hydrogen-bond acceptors (Lipinski definition) is 4. The van der Waals surface area contributed by atoms with Crippen LogP contribution >= 0.6 is 0 Å². The number of nitrogens with zero attached hydrogens (tertiary/aromatic N) is 1. The van der Waals surface area contributed by atoms with E-state index in [0.29, 0.717) is 23.0 Å². The standard InChI is InChI=1S/C26H20F3NO4/c1-2-33-25(32)24(31)21-16-30(15-17-8-4-3-5-9-17)22-14-18(12-13-20(21)22)19-10-6-7-11-23(19)34-26(27,28)29/h3-14,16H,2,15H2,1H3. The number of Topliss-reactive ketones (excluding diaryl/α,β-unsaturated/α-hetero) is 1. The van der Waals surface area contributed by atoms with Crippen LogP contribution in [0, 0.1) is 0 Å². The number of carbonyl (C=O) groups excluding carboxylic acids is 2. The summed E-state index contributed by atoms with van der Waals surface area (Å²) < 4.78 is 49.6. The minimum Gasteiger partial charge on any atom is -0.460 e. The van der Waals surface area contributed by atoms with E-state index < -0.39 is 18.1 Å². The Morgan fingerprint density at radius 2 is 1.65 bits per heavy atom. The van der Waals surface area contributed by atoms with Crippen LogP contribution in [-0.2, 0) is 16.1 Å². The number of halogens is 3. The van der Waals surface area contributed by atoms with Gasteiger partial charge >= 0.3 is 12.3 Å². The fraction of sp³-hybridized carbons (Fsp3) is 0.154. The van der Waals surface area contributed by atoms with E-state index in [1.165, 1.54) is 18.2 Å². The summed E-state index contributed by atoms with van der Waals surface area (Å²) in [7, 11) is 0. The summed E-state index contributed by atoms with van der Waals surface area (Å²) >= 11 is 0. The summed E-state index contributed by atoms with van der Waals surface area (Å²) in [5, 5.41) is 0.493. The van der Waals surface area contributed by atoms with Crippen molar-refractivity contribution in [2.45, 2.75) is 19.8 Å². The van der Waals surface area contributed by atoms with Crippen LogP contribution in [0.5, 0.6) is 5.75 Å². The van der Waals surface area contributed by atoms with E-state index in [4.69, 9.17) is 4.74 Å². The lowest BCUT2D eigenvalue weighted by molar-refractivity contribution is -0.274. The van der Waals surface area contributed by atoms with Crippen LogP contribution in [0.4, 0.5) is 13.2 Å². The summed E-state index contributed by atoms with van der Waals surface area (Å²) in [6, 6.07) is 20.2. The average Bonchev–Trinajstić information content (AvgIpc) is 3.16. The van der Waals surface area contributed by atoms with E-state index in [1.54, 1.807) is 42.0 Å². The molecule has 0 spiro atoms. The topological polar surface area (TPSA) is 57.5 Å². The van der Waals surface area contributed by atoms with Gasteiger partial charge in [-0.25, -0.2) is 4.79 Å². The van der Waals surface area contributed by atoms with E-state index in [0.717, 1.165) is 5.56 Å². The lowest BCUT2D eigenvalue weighted by Gasteiger charge is -2.14. The molecule has 0 aliphatic heterocycles. The Labute approximate surface area is 193 Å². The number of fused-ring (bicyclic) bond motifs is 1. The van der Waals surface area contributed by atoms with Gasteiger partial charge in [-0.3, -0.25) is 4.79 Å². The first-order valence-corrected chi connectivity index (χ1v) is 10.5. The van der Waals surface area contributed by atoms with Crippen molar-refractivity contribution in [2.24, 2.45) is 0 Å². The van der Waals surface area contributed by atoms with Crippen molar-refractivity contribution in [3.8, 4) is 16.9 Å². The van der Waals surface area contributed by atoms with Crippen molar-refractivity contribution in [1.29, 1.82) is 0 Å². The van der Waals surface area contributed by atoms with Gasteiger partial charge in [-0.15, -0.1) is 13.2 Å². The van der Waals surface area contributed by atoms with Crippen LogP contribution in [0.25, 0.3) is 22.0 Å². The molecule has 34 heavy (non-hydrogen) atoms. The molecule has 0 N–H and O–H groups in total. The third-order valence-corrected chi connectivity index (χ3v) is 5.21. The number of hydrogen-bond donors (Lipinski definition) is 0. The highest BCUT2D eigenvalue weighted by Crippen LogP contribution is 2.36. The van der Waals surface area contributed by atoms with Gasteiger partial charge in [0, 0.05) is 29.2 Å². The van der Waals surface area contributed by atoms with Crippen molar-refractivity contribution in [3.63, 3.8) is 0 Å².